The number of para-hydroxylation sites is 2. The first kappa shape index (κ1) is 16.6. The molecule has 0 aliphatic carbocycles. The number of rotatable bonds is 1. The minimum atomic E-state index is -0.457. The molecule has 0 saturated heterocycles. The molecule has 2 heterocycles. The van der Waals surface area contributed by atoms with Crippen LogP contribution in [0.5, 0.6) is 0 Å². The second-order valence-corrected chi connectivity index (χ2v) is 7.43. The average molecular weight is 387 g/mol. The number of anilines is 3. The zero-order valence-corrected chi connectivity index (χ0v) is 15.2. The van der Waals surface area contributed by atoms with Crippen molar-refractivity contribution in [1.29, 1.82) is 0 Å². The van der Waals surface area contributed by atoms with E-state index < -0.39 is 11.8 Å². The van der Waals surface area contributed by atoms with Crippen molar-refractivity contribution in [3.05, 3.63) is 77.9 Å². The van der Waals surface area contributed by atoms with E-state index in [1.165, 1.54) is 6.07 Å². The third-order valence-corrected chi connectivity index (χ3v) is 5.75. The topological polar surface area (TPSA) is 78.5 Å². The molecule has 0 bridgehead atoms. The largest absolute Gasteiger partial charge is 0.331 e. The van der Waals surface area contributed by atoms with Gasteiger partial charge in [-0.3, -0.25) is 19.8 Å². The maximum Gasteiger partial charge on any atom is 0.331 e. The zero-order valence-electron chi connectivity index (χ0n) is 14.4. The van der Waals surface area contributed by atoms with Crippen LogP contribution in [0.4, 0.5) is 21.9 Å². The van der Waals surface area contributed by atoms with Gasteiger partial charge in [0.2, 0.25) is 0 Å². The molecule has 2 aliphatic heterocycles. The number of fused-ring (bicyclic) bond motifs is 3. The molecule has 0 saturated carbocycles. The maximum absolute atomic E-state index is 13.2. The van der Waals surface area contributed by atoms with Crippen LogP contribution in [-0.2, 0) is 0 Å². The monoisotopic (exact) mass is 387 g/mol. The number of nitrogens with zero attached hydrogens (tertiary/aromatic N) is 1. The molecule has 0 unspecified atom stereocenters. The molecule has 0 fully saturated rings. The molecule has 2 aliphatic rings. The quantitative estimate of drug-likeness (QED) is 0.607. The molecule has 0 radical (unpaired) electrons. The third kappa shape index (κ3) is 2.56. The normalized spacial score (nSPS) is 14.1. The fourth-order valence-electron chi connectivity index (χ4n) is 3.35. The summed E-state index contributed by atoms with van der Waals surface area (Å²) in [7, 11) is 0. The van der Waals surface area contributed by atoms with E-state index in [1.54, 1.807) is 28.8 Å². The van der Waals surface area contributed by atoms with E-state index in [9.17, 15) is 14.4 Å². The van der Waals surface area contributed by atoms with Gasteiger partial charge in [0.25, 0.3) is 11.8 Å². The Morgan fingerprint density at radius 1 is 0.821 bits per heavy atom. The van der Waals surface area contributed by atoms with E-state index >= 15 is 0 Å². The van der Waals surface area contributed by atoms with Crippen molar-refractivity contribution in [1.82, 2.24) is 5.32 Å². The molecule has 3 aromatic rings. The van der Waals surface area contributed by atoms with Gasteiger partial charge in [-0.15, -0.1) is 0 Å². The predicted molar refractivity (Wildman–Crippen MR) is 106 cm³/mol. The molecule has 0 aromatic heterocycles. The second-order valence-electron chi connectivity index (χ2n) is 6.35. The van der Waals surface area contributed by atoms with Crippen molar-refractivity contribution >= 4 is 46.7 Å². The van der Waals surface area contributed by atoms with Crippen molar-refractivity contribution in [2.45, 2.75) is 9.79 Å². The van der Waals surface area contributed by atoms with Crippen LogP contribution in [0.15, 0.2) is 76.5 Å². The van der Waals surface area contributed by atoms with Crippen molar-refractivity contribution in [2.75, 3.05) is 10.2 Å². The molecule has 7 heteroatoms. The Kier molecular flexibility index (Phi) is 3.70. The summed E-state index contributed by atoms with van der Waals surface area (Å²) in [5, 5.41) is 5.09. The molecule has 0 atom stereocenters. The lowest BCUT2D eigenvalue weighted by Crippen LogP contribution is -2.32. The smallest absolute Gasteiger partial charge is 0.307 e. The molecule has 6 nitrogen and oxygen atoms in total. The molecule has 5 rings (SSSR count). The standard InChI is InChI=1S/C21H13N3O3S/c25-19-13-10-9-12(11-14(13)20(26)23-19)22-21(27)24-15-5-1-3-7-17(15)28-18-8-4-2-6-16(18)24/h1-11H,(H,22,27)(H,23,25,26). The predicted octanol–water partition coefficient (Wildman–Crippen LogP) is 4.41. The van der Waals surface area contributed by atoms with Crippen molar-refractivity contribution in [3.8, 4) is 0 Å². The van der Waals surface area contributed by atoms with Gasteiger partial charge in [0.15, 0.2) is 0 Å². The van der Waals surface area contributed by atoms with E-state index in [-0.39, 0.29) is 11.6 Å². The number of benzene rings is 3. The summed E-state index contributed by atoms with van der Waals surface area (Å²) in [6, 6.07) is 19.7. The minimum Gasteiger partial charge on any atom is -0.307 e. The summed E-state index contributed by atoms with van der Waals surface area (Å²) in [5.41, 5.74) is 2.60. The van der Waals surface area contributed by atoms with Gasteiger partial charge in [0.05, 0.1) is 22.5 Å². The van der Waals surface area contributed by atoms with Crippen LogP contribution >= 0.6 is 11.8 Å². The molecule has 2 N–H and O–H groups in total. The molecule has 0 spiro atoms. The number of nitrogens with one attached hydrogen (secondary N) is 2. The van der Waals surface area contributed by atoms with E-state index in [0.717, 1.165) is 21.2 Å². The Balaban J connectivity index is 1.52. The molecular formula is C21H13N3O3S. The van der Waals surface area contributed by atoms with Crippen molar-refractivity contribution in [2.24, 2.45) is 0 Å². The van der Waals surface area contributed by atoms with Crippen LogP contribution in [0, 0.1) is 0 Å². The van der Waals surface area contributed by atoms with E-state index in [4.69, 9.17) is 0 Å². The summed E-state index contributed by atoms with van der Waals surface area (Å²) in [6.45, 7) is 0. The Hall–Kier alpha value is -3.58. The van der Waals surface area contributed by atoms with Crippen LogP contribution in [0.3, 0.4) is 0 Å². The zero-order chi connectivity index (χ0) is 19.3. The van der Waals surface area contributed by atoms with Crippen LogP contribution < -0.4 is 15.5 Å². The lowest BCUT2D eigenvalue weighted by molar-refractivity contribution is 0.0879. The van der Waals surface area contributed by atoms with Crippen molar-refractivity contribution < 1.29 is 14.4 Å². The van der Waals surface area contributed by atoms with Gasteiger partial charge in [-0.1, -0.05) is 36.0 Å². The average Bonchev–Trinajstić information content (AvgIpc) is 2.99. The number of hydrogen-bond donors (Lipinski definition) is 2. The van der Waals surface area contributed by atoms with Gasteiger partial charge in [0, 0.05) is 15.5 Å². The summed E-state index contributed by atoms with van der Waals surface area (Å²) in [6.07, 6.45) is 0. The molecule has 28 heavy (non-hydrogen) atoms. The number of hydrogen-bond acceptors (Lipinski definition) is 4. The number of carbonyl (C=O) groups excluding carboxylic acids is 3. The summed E-state index contributed by atoms with van der Waals surface area (Å²) >= 11 is 1.61. The number of imide groups is 1. The van der Waals surface area contributed by atoms with Crippen LogP contribution in [-0.4, -0.2) is 17.8 Å². The Labute approximate surface area is 164 Å². The lowest BCUT2D eigenvalue weighted by atomic mass is 10.1. The first-order valence-corrected chi connectivity index (χ1v) is 9.40. The SMILES string of the molecule is O=C1NC(=O)c2cc(NC(=O)N3c4ccccc4Sc4ccccc43)ccc21. The Bertz CT molecular complexity index is 1130. The van der Waals surface area contributed by atoms with Gasteiger partial charge in [-0.05, 0) is 42.5 Å². The lowest BCUT2D eigenvalue weighted by Gasteiger charge is -2.31. The first-order chi connectivity index (χ1) is 13.6. The minimum absolute atomic E-state index is 0.262. The molecular weight excluding hydrogens is 374 g/mol. The van der Waals surface area contributed by atoms with Gasteiger partial charge < -0.3 is 5.32 Å². The molecule has 136 valence electrons. The molecule has 4 amide bonds. The fraction of sp³-hybridized carbons (Fsp3) is 0. The van der Waals surface area contributed by atoms with E-state index in [2.05, 4.69) is 10.6 Å². The van der Waals surface area contributed by atoms with Gasteiger partial charge in [0.1, 0.15) is 0 Å². The highest BCUT2D eigenvalue weighted by Crippen LogP contribution is 2.48. The summed E-state index contributed by atoms with van der Waals surface area (Å²) in [5.74, 6) is -0.880. The third-order valence-electron chi connectivity index (χ3n) is 4.62. The highest BCUT2D eigenvalue weighted by Gasteiger charge is 2.30. The number of carbonyl (C=O) groups is 3. The first-order valence-electron chi connectivity index (χ1n) is 8.58. The van der Waals surface area contributed by atoms with Gasteiger partial charge >= 0.3 is 6.03 Å². The van der Waals surface area contributed by atoms with Crippen LogP contribution in [0.2, 0.25) is 0 Å². The maximum atomic E-state index is 13.2. The Morgan fingerprint density at radius 2 is 1.43 bits per heavy atom. The number of urea groups is 1. The van der Waals surface area contributed by atoms with E-state index in [0.29, 0.717) is 11.3 Å². The molecule has 3 aromatic carbocycles. The fourth-order valence-corrected chi connectivity index (χ4v) is 4.41. The number of amides is 4. The van der Waals surface area contributed by atoms with E-state index in [1.807, 2.05) is 48.5 Å². The van der Waals surface area contributed by atoms with Crippen LogP contribution in [0.1, 0.15) is 20.7 Å². The van der Waals surface area contributed by atoms with Crippen LogP contribution in [0.25, 0.3) is 0 Å². The summed E-state index contributed by atoms with van der Waals surface area (Å²) in [4.78, 5) is 40.4. The van der Waals surface area contributed by atoms with Gasteiger partial charge in [-0.25, -0.2) is 4.79 Å². The highest BCUT2D eigenvalue weighted by molar-refractivity contribution is 7.99. The Morgan fingerprint density at radius 3 is 2.11 bits per heavy atom. The summed E-state index contributed by atoms with van der Waals surface area (Å²) < 4.78 is 0. The second kappa shape index (κ2) is 6.24. The van der Waals surface area contributed by atoms with Crippen molar-refractivity contribution in [3.63, 3.8) is 0 Å². The van der Waals surface area contributed by atoms with Gasteiger partial charge in [-0.2, -0.15) is 0 Å². The highest BCUT2D eigenvalue weighted by atomic mass is 32.2.